The molecule has 0 atom stereocenters. The molecule has 0 unspecified atom stereocenters. The molecule has 15 heavy (non-hydrogen) atoms. The summed E-state index contributed by atoms with van der Waals surface area (Å²) in [4.78, 5) is 4.13. The normalized spacial score (nSPS) is 9.93. The van der Waals surface area contributed by atoms with Gasteiger partial charge in [0.2, 0.25) is 5.88 Å². The Labute approximate surface area is 88.5 Å². The Morgan fingerprint density at radius 3 is 2.53 bits per heavy atom. The van der Waals surface area contributed by atoms with Crippen LogP contribution < -0.4 is 10.5 Å². The van der Waals surface area contributed by atoms with Crippen molar-refractivity contribution in [3.05, 3.63) is 42.6 Å². The number of hydrogen-bond acceptors (Lipinski definition) is 3. The van der Waals surface area contributed by atoms with Crippen LogP contribution in [-0.4, -0.2) is 12.1 Å². The van der Waals surface area contributed by atoms with E-state index < -0.39 is 0 Å². The second kappa shape index (κ2) is 4.00. The summed E-state index contributed by atoms with van der Waals surface area (Å²) in [5.74, 6) is 0.557. The minimum atomic E-state index is 0.557. The van der Waals surface area contributed by atoms with E-state index in [0.717, 1.165) is 11.1 Å². The van der Waals surface area contributed by atoms with Gasteiger partial charge in [-0.15, -0.1) is 0 Å². The Kier molecular flexibility index (Phi) is 2.54. The minimum absolute atomic E-state index is 0.557. The number of pyridine rings is 1. The highest BCUT2D eigenvalue weighted by atomic mass is 16.5. The SMILES string of the molecule is COc1nccc(N)c1-c1ccccc1. The molecule has 3 nitrogen and oxygen atoms in total. The zero-order chi connectivity index (χ0) is 10.7. The number of anilines is 1. The van der Waals surface area contributed by atoms with Gasteiger partial charge in [-0.2, -0.15) is 0 Å². The maximum absolute atomic E-state index is 5.91. The third kappa shape index (κ3) is 1.76. The van der Waals surface area contributed by atoms with Crippen molar-refractivity contribution in [1.29, 1.82) is 0 Å². The molecule has 76 valence electrons. The first-order valence-electron chi connectivity index (χ1n) is 4.67. The fourth-order valence-corrected chi connectivity index (χ4v) is 1.51. The van der Waals surface area contributed by atoms with Gasteiger partial charge in [-0.3, -0.25) is 0 Å². The van der Waals surface area contributed by atoms with E-state index in [4.69, 9.17) is 10.5 Å². The average molecular weight is 200 g/mol. The lowest BCUT2D eigenvalue weighted by atomic mass is 10.1. The van der Waals surface area contributed by atoms with Crippen molar-refractivity contribution in [3.8, 4) is 17.0 Å². The van der Waals surface area contributed by atoms with Crippen molar-refractivity contribution >= 4 is 5.69 Å². The molecule has 2 aromatic rings. The van der Waals surface area contributed by atoms with Crippen molar-refractivity contribution in [2.45, 2.75) is 0 Å². The molecular formula is C12H12N2O. The Morgan fingerprint density at radius 1 is 1.13 bits per heavy atom. The summed E-state index contributed by atoms with van der Waals surface area (Å²) in [7, 11) is 1.59. The second-order valence-electron chi connectivity index (χ2n) is 3.15. The summed E-state index contributed by atoms with van der Waals surface area (Å²) in [6, 6.07) is 11.6. The first-order valence-corrected chi connectivity index (χ1v) is 4.67. The number of methoxy groups -OCH3 is 1. The monoisotopic (exact) mass is 200 g/mol. The summed E-state index contributed by atoms with van der Waals surface area (Å²) >= 11 is 0. The molecule has 0 saturated heterocycles. The fraction of sp³-hybridized carbons (Fsp3) is 0.0833. The van der Waals surface area contributed by atoms with Gasteiger partial charge >= 0.3 is 0 Å². The zero-order valence-electron chi connectivity index (χ0n) is 8.47. The van der Waals surface area contributed by atoms with E-state index in [-0.39, 0.29) is 0 Å². The van der Waals surface area contributed by atoms with Crippen molar-refractivity contribution < 1.29 is 4.74 Å². The van der Waals surface area contributed by atoms with Gasteiger partial charge in [0.15, 0.2) is 0 Å². The van der Waals surface area contributed by atoms with Crippen LogP contribution in [0.3, 0.4) is 0 Å². The van der Waals surface area contributed by atoms with E-state index in [9.17, 15) is 0 Å². The van der Waals surface area contributed by atoms with Gasteiger partial charge in [0.05, 0.1) is 12.7 Å². The largest absolute Gasteiger partial charge is 0.480 e. The molecule has 2 N–H and O–H groups in total. The Hall–Kier alpha value is -2.03. The summed E-state index contributed by atoms with van der Waals surface area (Å²) in [6.45, 7) is 0. The predicted octanol–water partition coefficient (Wildman–Crippen LogP) is 2.34. The van der Waals surface area contributed by atoms with Crippen LogP contribution in [0.1, 0.15) is 0 Å². The van der Waals surface area contributed by atoms with E-state index in [2.05, 4.69) is 4.98 Å². The number of nitrogens with two attached hydrogens (primary N) is 1. The number of ether oxygens (including phenoxy) is 1. The zero-order valence-corrected chi connectivity index (χ0v) is 8.47. The van der Waals surface area contributed by atoms with Gasteiger partial charge in [0.1, 0.15) is 0 Å². The third-order valence-corrected chi connectivity index (χ3v) is 2.20. The average Bonchev–Trinajstić information content (AvgIpc) is 2.29. The number of aromatic nitrogens is 1. The Morgan fingerprint density at radius 2 is 1.87 bits per heavy atom. The summed E-state index contributed by atoms with van der Waals surface area (Å²) < 4.78 is 5.19. The molecule has 0 fully saturated rings. The van der Waals surface area contributed by atoms with Crippen molar-refractivity contribution in [3.63, 3.8) is 0 Å². The highest BCUT2D eigenvalue weighted by Crippen LogP contribution is 2.32. The van der Waals surface area contributed by atoms with E-state index in [0.29, 0.717) is 11.6 Å². The highest BCUT2D eigenvalue weighted by Gasteiger charge is 2.09. The number of nitrogens with zero attached hydrogens (tertiary/aromatic N) is 1. The Bertz CT molecular complexity index is 454. The molecule has 1 aromatic heterocycles. The molecule has 0 aliphatic carbocycles. The van der Waals surface area contributed by atoms with Gasteiger partial charge in [0.25, 0.3) is 0 Å². The first kappa shape index (κ1) is 9.52. The van der Waals surface area contributed by atoms with Crippen molar-refractivity contribution in [2.24, 2.45) is 0 Å². The second-order valence-corrected chi connectivity index (χ2v) is 3.15. The molecule has 1 heterocycles. The molecule has 2 rings (SSSR count). The van der Waals surface area contributed by atoms with E-state index in [1.54, 1.807) is 19.4 Å². The van der Waals surface area contributed by atoms with Gasteiger partial charge in [0, 0.05) is 11.9 Å². The minimum Gasteiger partial charge on any atom is -0.480 e. The quantitative estimate of drug-likeness (QED) is 0.809. The first-order chi connectivity index (χ1) is 7.33. The standard InChI is InChI=1S/C12H12N2O/c1-15-12-11(10(13)7-8-14-12)9-5-3-2-4-6-9/h2-8H,1H3,(H2,13,14). The van der Waals surface area contributed by atoms with Crippen LogP contribution in [0.25, 0.3) is 11.1 Å². The number of rotatable bonds is 2. The van der Waals surface area contributed by atoms with Crippen LogP contribution >= 0.6 is 0 Å². The molecule has 1 aromatic carbocycles. The van der Waals surface area contributed by atoms with Crippen LogP contribution in [0.4, 0.5) is 5.69 Å². The van der Waals surface area contributed by atoms with Crippen LogP contribution in [0.5, 0.6) is 5.88 Å². The van der Waals surface area contributed by atoms with E-state index >= 15 is 0 Å². The summed E-state index contributed by atoms with van der Waals surface area (Å²) in [6.07, 6.45) is 1.64. The van der Waals surface area contributed by atoms with Crippen molar-refractivity contribution in [2.75, 3.05) is 12.8 Å². The summed E-state index contributed by atoms with van der Waals surface area (Å²) in [5.41, 5.74) is 8.44. The lowest BCUT2D eigenvalue weighted by Crippen LogP contribution is -1.96. The van der Waals surface area contributed by atoms with Crippen LogP contribution in [0.15, 0.2) is 42.6 Å². The van der Waals surface area contributed by atoms with E-state index in [1.165, 1.54) is 0 Å². The molecular weight excluding hydrogens is 188 g/mol. The smallest absolute Gasteiger partial charge is 0.223 e. The predicted molar refractivity (Wildman–Crippen MR) is 60.6 cm³/mol. The molecule has 0 bridgehead atoms. The number of nitrogen functional groups attached to an aromatic ring is 1. The Balaban J connectivity index is 2.61. The molecule has 0 saturated carbocycles. The topological polar surface area (TPSA) is 48.1 Å². The lowest BCUT2D eigenvalue weighted by Gasteiger charge is -2.09. The molecule has 3 heteroatoms. The lowest BCUT2D eigenvalue weighted by molar-refractivity contribution is 0.400. The van der Waals surface area contributed by atoms with Crippen LogP contribution in [0, 0.1) is 0 Å². The number of benzene rings is 1. The van der Waals surface area contributed by atoms with Crippen LogP contribution in [0.2, 0.25) is 0 Å². The maximum atomic E-state index is 5.91. The van der Waals surface area contributed by atoms with Gasteiger partial charge in [-0.25, -0.2) is 4.98 Å². The fourth-order valence-electron chi connectivity index (χ4n) is 1.51. The van der Waals surface area contributed by atoms with Crippen molar-refractivity contribution in [1.82, 2.24) is 4.98 Å². The van der Waals surface area contributed by atoms with E-state index in [1.807, 2.05) is 30.3 Å². The van der Waals surface area contributed by atoms with Gasteiger partial charge < -0.3 is 10.5 Å². The highest BCUT2D eigenvalue weighted by molar-refractivity contribution is 5.80. The molecule has 0 spiro atoms. The molecule has 0 aliphatic heterocycles. The number of hydrogen-bond donors (Lipinski definition) is 1. The van der Waals surface area contributed by atoms with Gasteiger partial charge in [-0.05, 0) is 11.6 Å². The summed E-state index contributed by atoms with van der Waals surface area (Å²) in [5, 5.41) is 0. The molecule has 0 radical (unpaired) electrons. The molecule has 0 amide bonds. The maximum Gasteiger partial charge on any atom is 0.223 e. The molecule has 0 aliphatic rings. The van der Waals surface area contributed by atoms with Crippen LogP contribution in [-0.2, 0) is 0 Å². The van der Waals surface area contributed by atoms with Gasteiger partial charge in [-0.1, -0.05) is 30.3 Å². The third-order valence-electron chi connectivity index (χ3n) is 2.20.